The van der Waals surface area contributed by atoms with Gasteiger partial charge < -0.3 is 20.1 Å². The number of nitrogens with zero attached hydrogens (tertiary/aromatic N) is 1. The molecule has 0 saturated carbocycles. The predicted octanol–water partition coefficient (Wildman–Crippen LogP) is 1.41. The second kappa shape index (κ2) is 8.61. The molecule has 0 atom stereocenters. The van der Waals surface area contributed by atoms with Crippen LogP contribution < -0.4 is 15.4 Å². The number of sulfonamides is 1. The second-order valence-electron chi connectivity index (χ2n) is 5.26. The highest BCUT2D eigenvalue weighted by Gasteiger charge is 2.29. The Morgan fingerprint density at radius 2 is 2.08 bits per heavy atom. The molecule has 1 aromatic rings. The lowest BCUT2D eigenvalue weighted by atomic mass is 10.3. The summed E-state index contributed by atoms with van der Waals surface area (Å²) in [5.74, 6) is 0.305. The molecule has 1 aliphatic heterocycles. The summed E-state index contributed by atoms with van der Waals surface area (Å²) in [5.41, 5.74) is 0.594. The third-order valence-corrected chi connectivity index (χ3v) is 5.71. The van der Waals surface area contributed by atoms with E-state index in [9.17, 15) is 8.42 Å². The number of anilines is 1. The number of ether oxygens (including phenoxy) is 2. The highest BCUT2D eigenvalue weighted by molar-refractivity contribution is 7.89. The van der Waals surface area contributed by atoms with Gasteiger partial charge in [-0.05, 0) is 36.8 Å². The molecule has 0 radical (unpaired) electrons. The van der Waals surface area contributed by atoms with Gasteiger partial charge in [0.15, 0.2) is 5.11 Å². The molecule has 1 aromatic carbocycles. The van der Waals surface area contributed by atoms with Crippen LogP contribution in [0.2, 0.25) is 0 Å². The van der Waals surface area contributed by atoms with Crippen LogP contribution in [0.25, 0.3) is 0 Å². The summed E-state index contributed by atoms with van der Waals surface area (Å²) in [6, 6.07) is 4.90. The van der Waals surface area contributed by atoms with Gasteiger partial charge in [0.25, 0.3) is 0 Å². The summed E-state index contributed by atoms with van der Waals surface area (Å²) in [6.45, 7) is 4.24. The van der Waals surface area contributed by atoms with E-state index in [0.717, 1.165) is 13.0 Å². The molecule has 24 heavy (non-hydrogen) atoms. The largest absolute Gasteiger partial charge is 0.495 e. The quantitative estimate of drug-likeness (QED) is 0.730. The van der Waals surface area contributed by atoms with Crippen LogP contribution in [0.4, 0.5) is 5.69 Å². The molecule has 1 fully saturated rings. The monoisotopic (exact) mass is 373 g/mol. The molecular weight excluding hydrogens is 350 g/mol. The molecule has 7 nitrogen and oxygen atoms in total. The summed E-state index contributed by atoms with van der Waals surface area (Å²) >= 11 is 5.19. The van der Waals surface area contributed by atoms with Crippen molar-refractivity contribution in [2.75, 3.05) is 45.3 Å². The van der Waals surface area contributed by atoms with Crippen LogP contribution in [0.3, 0.4) is 0 Å². The van der Waals surface area contributed by atoms with Crippen LogP contribution >= 0.6 is 12.2 Å². The van der Waals surface area contributed by atoms with Crippen molar-refractivity contribution < 1.29 is 17.9 Å². The zero-order valence-electron chi connectivity index (χ0n) is 13.9. The van der Waals surface area contributed by atoms with Crippen molar-refractivity contribution in [2.45, 2.75) is 18.2 Å². The maximum Gasteiger partial charge on any atom is 0.246 e. The van der Waals surface area contributed by atoms with Crippen LogP contribution in [0.5, 0.6) is 5.75 Å². The number of rotatable bonds is 6. The number of thiocarbonyl (C=S) groups is 1. The number of hydrogen-bond donors (Lipinski definition) is 2. The van der Waals surface area contributed by atoms with E-state index in [1.807, 2.05) is 6.92 Å². The topological polar surface area (TPSA) is 79.9 Å². The van der Waals surface area contributed by atoms with Gasteiger partial charge in [-0.2, -0.15) is 4.31 Å². The van der Waals surface area contributed by atoms with Crippen molar-refractivity contribution in [2.24, 2.45) is 0 Å². The second-order valence-corrected chi connectivity index (χ2v) is 7.58. The number of benzene rings is 1. The Kier molecular flexibility index (Phi) is 6.79. The fourth-order valence-corrected chi connectivity index (χ4v) is 4.11. The Hall–Kier alpha value is -1.42. The molecule has 2 N–H and O–H groups in total. The van der Waals surface area contributed by atoms with Gasteiger partial charge in [-0.1, -0.05) is 6.92 Å². The molecule has 1 aliphatic rings. The van der Waals surface area contributed by atoms with E-state index in [1.165, 1.54) is 11.4 Å². The van der Waals surface area contributed by atoms with Gasteiger partial charge in [-0.25, -0.2) is 8.42 Å². The fraction of sp³-hybridized carbons (Fsp3) is 0.533. The first-order valence-electron chi connectivity index (χ1n) is 7.80. The molecule has 0 bridgehead atoms. The summed E-state index contributed by atoms with van der Waals surface area (Å²) < 4.78 is 37.7. The van der Waals surface area contributed by atoms with Crippen molar-refractivity contribution in [3.8, 4) is 5.75 Å². The first kappa shape index (κ1) is 18.9. The lowest BCUT2D eigenvalue weighted by Crippen LogP contribution is -2.40. The smallest absolute Gasteiger partial charge is 0.246 e. The van der Waals surface area contributed by atoms with Crippen molar-refractivity contribution in [3.63, 3.8) is 0 Å². The van der Waals surface area contributed by atoms with E-state index in [-0.39, 0.29) is 4.90 Å². The van der Waals surface area contributed by atoms with Crippen LogP contribution in [0.1, 0.15) is 13.3 Å². The number of nitrogens with one attached hydrogen (secondary N) is 2. The Labute approximate surface area is 148 Å². The Morgan fingerprint density at radius 3 is 2.71 bits per heavy atom. The van der Waals surface area contributed by atoms with Crippen molar-refractivity contribution in [1.82, 2.24) is 9.62 Å². The first-order chi connectivity index (χ1) is 11.5. The van der Waals surface area contributed by atoms with Crippen LogP contribution in [0.15, 0.2) is 23.1 Å². The summed E-state index contributed by atoms with van der Waals surface area (Å²) in [7, 11) is -2.20. The Bertz CT molecular complexity index is 673. The number of morpholine rings is 1. The third-order valence-electron chi connectivity index (χ3n) is 3.54. The van der Waals surface area contributed by atoms with Crippen molar-refractivity contribution in [3.05, 3.63) is 18.2 Å². The van der Waals surface area contributed by atoms with Crippen LogP contribution in [-0.4, -0.2) is 57.8 Å². The average Bonchev–Trinajstić information content (AvgIpc) is 2.60. The molecule has 134 valence electrons. The van der Waals surface area contributed by atoms with Gasteiger partial charge in [-0.3, -0.25) is 0 Å². The standard InChI is InChI=1S/C15H23N3O4S2/c1-3-6-16-15(23)17-12-4-5-13(21-2)14(11-12)24(19,20)18-7-9-22-10-8-18/h4-5,11H,3,6-10H2,1-2H3,(H2,16,17,23). The minimum Gasteiger partial charge on any atom is -0.495 e. The Morgan fingerprint density at radius 1 is 1.38 bits per heavy atom. The van der Waals surface area contributed by atoms with Gasteiger partial charge in [0.05, 0.1) is 20.3 Å². The summed E-state index contributed by atoms with van der Waals surface area (Å²) in [5, 5.41) is 6.50. The number of hydrogen-bond acceptors (Lipinski definition) is 5. The molecule has 0 aromatic heterocycles. The first-order valence-corrected chi connectivity index (χ1v) is 9.64. The maximum atomic E-state index is 12.9. The zero-order valence-corrected chi connectivity index (χ0v) is 15.5. The highest BCUT2D eigenvalue weighted by atomic mass is 32.2. The van der Waals surface area contributed by atoms with E-state index < -0.39 is 10.0 Å². The lowest BCUT2D eigenvalue weighted by molar-refractivity contribution is 0.0729. The van der Waals surface area contributed by atoms with Crippen molar-refractivity contribution in [1.29, 1.82) is 0 Å². The summed E-state index contributed by atoms with van der Waals surface area (Å²) in [4.78, 5) is 0.121. The van der Waals surface area contributed by atoms with Crippen LogP contribution in [0, 0.1) is 0 Å². The van der Waals surface area contributed by atoms with E-state index in [2.05, 4.69) is 10.6 Å². The average molecular weight is 374 g/mol. The molecular formula is C15H23N3O4S2. The van der Waals surface area contributed by atoms with Gasteiger partial charge in [-0.15, -0.1) is 0 Å². The summed E-state index contributed by atoms with van der Waals surface area (Å²) in [6.07, 6.45) is 0.946. The zero-order chi connectivity index (χ0) is 17.6. The Balaban J connectivity index is 2.26. The third kappa shape index (κ3) is 4.56. The minimum absolute atomic E-state index is 0.121. The predicted molar refractivity (Wildman–Crippen MR) is 97.1 cm³/mol. The number of methoxy groups -OCH3 is 1. The van der Waals surface area contributed by atoms with E-state index in [0.29, 0.717) is 42.9 Å². The molecule has 0 aliphatic carbocycles. The SMILES string of the molecule is CCCNC(=S)Nc1ccc(OC)c(S(=O)(=O)N2CCOCC2)c1. The molecule has 2 rings (SSSR count). The van der Waals surface area contributed by atoms with E-state index in [1.54, 1.807) is 18.2 Å². The normalized spacial score (nSPS) is 15.8. The lowest BCUT2D eigenvalue weighted by Gasteiger charge is -2.27. The van der Waals surface area contributed by atoms with Gasteiger partial charge in [0.1, 0.15) is 10.6 Å². The van der Waals surface area contributed by atoms with Gasteiger partial charge in [0.2, 0.25) is 10.0 Å². The maximum absolute atomic E-state index is 12.9. The van der Waals surface area contributed by atoms with Crippen LogP contribution in [-0.2, 0) is 14.8 Å². The molecule has 0 unspecified atom stereocenters. The van der Waals surface area contributed by atoms with Crippen molar-refractivity contribution >= 4 is 33.0 Å². The molecule has 0 amide bonds. The highest BCUT2D eigenvalue weighted by Crippen LogP contribution is 2.30. The fourth-order valence-electron chi connectivity index (χ4n) is 2.30. The molecule has 1 saturated heterocycles. The van der Waals surface area contributed by atoms with E-state index >= 15 is 0 Å². The molecule has 1 heterocycles. The molecule has 9 heteroatoms. The molecule has 0 spiro atoms. The van der Waals surface area contributed by atoms with Gasteiger partial charge in [0, 0.05) is 25.3 Å². The van der Waals surface area contributed by atoms with E-state index in [4.69, 9.17) is 21.7 Å². The minimum atomic E-state index is -3.66. The van der Waals surface area contributed by atoms with Gasteiger partial charge >= 0.3 is 0 Å².